The SMILES string of the molecule is Cc1cscc1C(=O)NCC(N)C1CC1.Cl. The number of nitrogens with one attached hydrogen (secondary N) is 1. The van der Waals surface area contributed by atoms with Crippen molar-refractivity contribution in [2.24, 2.45) is 11.7 Å². The number of nitrogens with two attached hydrogens (primary N) is 1. The van der Waals surface area contributed by atoms with E-state index in [1.807, 2.05) is 17.7 Å². The molecular weight excluding hydrogens is 244 g/mol. The van der Waals surface area contributed by atoms with E-state index in [1.54, 1.807) is 11.3 Å². The van der Waals surface area contributed by atoms with Gasteiger partial charge in [-0.2, -0.15) is 11.3 Å². The highest BCUT2D eigenvalue weighted by Crippen LogP contribution is 2.31. The molecule has 1 aliphatic rings. The van der Waals surface area contributed by atoms with Gasteiger partial charge in [-0.3, -0.25) is 4.79 Å². The van der Waals surface area contributed by atoms with Crippen LogP contribution in [0.1, 0.15) is 28.8 Å². The Balaban J connectivity index is 0.00000128. The van der Waals surface area contributed by atoms with Crippen LogP contribution in [0.3, 0.4) is 0 Å². The lowest BCUT2D eigenvalue weighted by atomic mass is 10.2. The fourth-order valence-electron chi connectivity index (χ4n) is 1.59. The normalized spacial score (nSPS) is 16.4. The minimum atomic E-state index is 0. The molecule has 0 saturated heterocycles. The van der Waals surface area contributed by atoms with Crippen LogP contribution in [0.25, 0.3) is 0 Å². The van der Waals surface area contributed by atoms with Gasteiger partial charge in [0.1, 0.15) is 0 Å². The van der Waals surface area contributed by atoms with Gasteiger partial charge in [-0.15, -0.1) is 12.4 Å². The lowest BCUT2D eigenvalue weighted by Crippen LogP contribution is -2.38. The van der Waals surface area contributed by atoms with E-state index in [0.717, 1.165) is 11.1 Å². The summed E-state index contributed by atoms with van der Waals surface area (Å²) in [7, 11) is 0. The Morgan fingerprint density at radius 2 is 2.31 bits per heavy atom. The largest absolute Gasteiger partial charge is 0.350 e. The summed E-state index contributed by atoms with van der Waals surface area (Å²) in [5, 5.41) is 6.75. The molecule has 90 valence electrons. The molecule has 1 saturated carbocycles. The number of halogens is 1. The van der Waals surface area contributed by atoms with Crippen LogP contribution < -0.4 is 11.1 Å². The number of hydrogen-bond acceptors (Lipinski definition) is 3. The quantitative estimate of drug-likeness (QED) is 0.869. The number of thiophene rings is 1. The van der Waals surface area contributed by atoms with Crippen molar-refractivity contribution >= 4 is 29.7 Å². The molecule has 1 amide bonds. The summed E-state index contributed by atoms with van der Waals surface area (Å²) < 4.78 is 0. The summed E-state index contributed by atoms with van der Waals surface area (Å²) in [5.41, 5.74) is 7.73. The first-order valence-corrected chi connectivity index (χ1v) is 6.19. The fraction of sp³-hybridized carbons (Fsp3) is 0.545. The molecule has 3 nitrogen and oxygen atoms in total. The van der Waals surface area contributed by atoms with E-state index in [4.69, 9.17) is 5.73 Å². The van der Waals surface area contributed by atoms with Crippen LogP contribution in [0.2, 0.25) is 0 Å². The molecule has 1 aromatic heterocycles. The van der Waals surface area contributed by atoms with Gasteiger partial charge in [-0.1, -0.05) is 0 Å². The predicted molar refractivity (Wildman–Crippen MR) is 69.3 cm³/mol. The summed E-state index contributed by atoms with van der Waals surface area (Å²) >= 11 is 1.56. The summed E-state index contributed by atoms with van der Waals surface area (Å²) in [6, 6.07) is 0.132. The molecule has 1 heterocycles. The average molecular weight is 261 g/mol. The highest BCUT2D eigenvalue weighted by Gasteiger charge is 2.28. The number of rotatable bonds is 4. The highest BCUT2D eigenvalue weighted by atomic mass is 35.5. The Hall–Kier alpha value is -0.580. The summed E-state index contributed by atoms with van der Waals surface area (Å²) in [6.45, 7) is 2.55. The standard InChI is InChI=1S/C11H16N2OS.ClH/c1-7-5-15-6-9(7)11(14)13-4-10(12)8-2-3-8;/h5-6,8,10H,2-4,12H2,1H3,(H,13,14);1H. The Labute approximate surface area is 106 Å². The van der Waals surface area contributed by atoms with Crippen molar-refractivity contribution in [3.05, 3.63) is 21.9 Å². The van der Waals surface area contributed by atoms with Crippen molar-refractivity contribution in [1.82, 2.24) is 5.32 Å². The number of amides is 1. The highest BCUT2D eigenvalue weighted by molar-refractivity contribution is 7.08. The smallest absolute Gasteiger partial charge is 0.252 e. The monoisotopic (exact) mass is 260 g/mol. The minimum absolute atomic E-state index is 0. The number of aryl methyl sites for hydroxylation is 1. The molecule has 0 aromatic carbocycles. The van der Waals surface area contributed by atoms with Crippen LogP contribution in [0.4, 0.5) is 0 Å². The van der Waals surface area contributed by atoms with Crippen LogP contribution >= 0.6 is 23.7 Å². The fourth-order valence-corrected chi connectivity index (χ4v) is 2.42. The topological polar surface area (TPSA) is 55.1 Å². The first kappa shape index (κ1) is 13.5. The molecule has 16 heavy (non-hydrogen) atoms. The van der Waals surface area contributed by atoms with Crippen molar-refractivity contribution in [3.63, 3.8) is 0 Å². The van der Waals surface area contributed by atoms with Gasteiger partial charge in [0.25, 0.3) is 5.91 Å². The summed E-state index contributed by atoms with van der Waals surface area (Å²) in [4.78, 5) is 11.7. The van der Waals surface area contributed by atoms with Gasteiger partial charge in [0.15, 0.2) is 0 Å². The van der Waals surface area contributed by atoms with E-state index in [0.29, 0.717) is 12.5 Å². The maximum Gasteiger partial charge on any atom is 0.252 e. The Kier molecular flexibility index (Phi) is 4.77. The molecule has 5 heteroatoms. The molecule has 1 fully saturated rings. The van der Waals surface area contributed by atoms with Gasteiger partial charge in [0, 0.05) is 18.0 Å². The van der Waals surface area contributed by atoms with Gasteiger partial charge in [0.2, 0.25) is 0 Å². The van der Waals surface area contributed by atoms with E-state index in [2.05, 4.69) is 5.32 Å². The average Bonchev–Trinajstić information content (AvgIpc) is 2.98. The molecule has 0 bridgehead atoms. The molecule has 1 unspecified atom stereocenters. The van der Waals surface area contributed by atoms with Crippen molar-refractivity contribution in [2.75, 3.05) is 6.54 Å². The van der Waals surface area contributed by atoms with Crippen molar-refractivity contribution in [1.29, 1.82) is 0 Å². The van der Waals surface area contributed by atoms with Gasteiger partial charge in [0.05, 0.1) is 5.56 Å². The Morgan fingerprint density at radius 1 is 1.62 bits per heavy atom. The second-order valence-electron chi connectivity index (χ2n) is 4.18. The zero-order valence-corrected chi connectivity index (χ0v) is 10.9. The second kappa shape index (κ2) is 5.66. The number of carbonyl (C=O) groups excluding carboxylic acids is 1. The van der Waals surface area contributed by atoms with E-state index in [9.17, 15) is 4.79 Å². The van der Waals surface area contributed by atoms with Crippen molar-refractivity contribution in [2.45, 2.75) is 25.8 Å². The first-order valence-electron chi connectivity index (χ1n) is 5.25. The van der Waals surface area contributed by atoms with Crippen LogP contribution in [-0.4, -0.2) is 18.5 Å². The van der Waals surface area contributed by atoms with E-state index in [-0.39, 0.29) is 24.4 Å². The first-order chi connectivity index (χ1) is 7.18. The minimum Gasteiger partial charge on any atom is -0.350 e. The zero-order chi connectivity index (χ0) is 10.8. The molecule has 0 radical (unpaired) electrons. The molecule has 0 aliphatic heterocycles. The van der Waals surface area contributed by atoms with Crippen molar-refractivity contribution < 1.29 is 4.79 Å². The van der Waals surface area contributed by atoms with Gasteiger partial charge in [-0.05, 0) is 36.6 Å². The molecule has 1 aromatic rings. The maximum absolute atomic E-state index is 11.7. The maximum atomic E-state index is 11.7. The third kappa shape index (κ3) is 3.20. The van der Waals surface area contributed by atoms with Crippen molar-refractivity contribution in [3.8, 4) is 0 Å². The third-order valence-corrected chi connectivity index (χ3v) is 3.69. The lowest BCUT2D eigenvalue weighted by Gasteiger charge is -2.11. The molecule has 0 spiro atoms. The zero-order valence-electron chi connectivity index (χ0n) is 9.23. The Bertz CT molecular complexity index is 363. The van der Waals surface area contributed by atoms with Crippen LogP contribution in [0, 0.1) is 12.8 Å². The van der Waals surface area contributed by atoms with Crippen LogP contribution in [0.5, 0.6) is 0 Å². The second-order valence-corrected chi connectivity index (χ2v) is 4.92. The third-order valence-electron chi connectivity index (χ3n) is 2.83. The molecule has 1 atom stereocenters. The van der Waals surface area contributed by atoms with Crippen LogP contribution in [-0.2, 0) is 0 Å². The Morgan fingerprint density at radius 3 is 2.81 bits per heavy atom. The molecule has 2 rings (SSSR count). The van der Waals surface area contributed by atoms with Gasteiger partial charge in [-0.25, -0.2) is 0 Å². The lowest BCUT2D eigenvalue weighted by molar-refractivity contribution is 0.0950. The summed E-state index contributed by atoms with van der Waals surface area (Å²) in [6.07, 6.45) is 2.43. The summed E-state index contributed by atoms with van der Waals surface area (Å²) in [5.74, 6) is 0.638. The van der Waals surface area contributed by atoms with E-state index in [1.165, 1.54) is 12.8 Å². The molecule has 1 aliphatic carbocycles. The predicted octanol–water partition coefficient (Wildman–Crippen LogP) is 1.95. The molecule has 3 N–H and O–H groups in total. The van der Waals surface area contributed by atoms with Gasteiger partial charge >= 0.3 is 0 Å². The van der Waals surface area contributed by atoms with Crippen LogP contribution in [0.15, 0.2) is 10.8 Å². The van der Waals surface area contributed by atoms with E-state index >= 15 is 0 Å². The molecular formula is C11H17ClN2OS. The van der Waals surface area contributed by atoms with E-state index < -0.39 is 0 Å². The number of hydrogen-bond donors (Lipinski definition) is 2. The number of carbonyl (C=O) groups is 1. The van der Waals surface area contributed by atoms with Gasteiger partial charge < -0.3 is 11.1 Å².